The van der Waals surface area contributed by atoms with Gasteiger partial charge in [0, 0.05) is 19.9 Å². The molecule has 0 aliphatic carbocycles. The minimum atomic E-state index is -0.297. The molecule has 0 radical (unpaired) electrons. The molecule has 0 aliphatic rings. The number of rotatable bonds is 9. The van der Waals surface area contributed by atoms with Crippen molar-refractivity contribution in [2.45, 2.75) is 19.9 Å². The van der Waals surface area contributed by atoms with Gasteiger partial charge in [0.2, 0.25) is 0 Å². The van der Waals surface area contributed by atoms with Crippen molar-refractivity contribution in [1.29, 1.82) is 5.41 Å². The van der Waals surface area contributed by atoms with Crippen LogP contribution in [0.3, 0.4) is 0 Å². The van der Waals surface area contributed by atoms with Gasteiger partial charge < -0.3 is 14.8 Å². The number of benzene rings is 1. The van der Waals surface area contributed by atoms with Crippen LogP contribution in [0.25, 0.3) is 0 Å². The van der Waals surface area contributed by atoms with Crippen LogP contribution in [-0.2, 0) is 16.1 Å². The first-order chi connectivity index (χ1) is 10.0. The van der Waals surface area contributed by atoms with Gasteiger partial charge >= 0.3 is 5.97 Å². The smallest absolute Gasteiger partial charge is 0.319 e. The number of carbonyl (C=O) groups is 1. The highest BCUT2D eigenvalue weighted by Crippen LogP contribution is 2.13. The molecule has 0 amide bonds. The van der Waals surface area contributed by atoms with E-state index in [9.17, 15) is 4.79 Å². The molecule has 0 spiro atoms. The largest absolute Gasteiger partial charge is 0.493 e. The van der Waals surface area contributed by atoms with Crippen LogP contribution in [-0.4, -0.2) is 37.7 Å². The second kappa shape index (κ2) is 8.86. The summed E-state index contributed by atoms with van der Waals surface area (Å²) in [6.07, 6.45) is 0.479. The Morgan fingerprint density at radius 1 is 1.43 bits per heavy atom. The molecular weight excluding hydrogens is 270 g/mol. The minimum absolute atomic E-state index is 0.171. The Morgan fingerprint density at radius 2 is 2.19 bits per heavy atom. The van der Waals surface area contributed by atoms with Crippen molar-refractivity contribution in [1.82, 2.24) is 5.32 Å². The van der Waals surface area contributed by atoms with Gasteiger partial charge in [-0.3, -0.25) is 15.6 Å². The van der Waals surface area contributed by atoms with E-state index in [0.29, 0.717) is 31.0 Å². The van der Waals surface area contributed by atoms with E-state index in [1.807, 2.05) is 24.3 Å². The summed E-state index contributed by atoms with van der Waals surface area (Å²) in [5, 5.41) is 16.1. The van der Waals surface area contributed by atoms with Crippen LogP contribution in [0, 0.1) is 5.41 Å². The SMILES string of the molecule is COC(=O)CNCc1cccc(OCCC(=N)C(C)=[NH2+])c1. The number of hydrogen-bond acceptors (Lipinski definition) is 5. The van der Waals surface area contributed by atoms with Crippen LogP contribution < -0.4 is 15.5 Å². The fourth-order valence-corrected chi connectivity index (χ4v) is 1.59. The molecule has 0 saturated carbocycles. The predicted octanol–water partition coefficient (Wildman–Crippen LogP) is -0.0421. The second-order valence-electron chi connectivity index (χ2n) is 4.59. The lowest BCUT2D eigenvalue weighted by Gasteiger charge is -2.08. The molecule has 0 atom stereocenters. The van der Waals surface area contributed by atoms with Gasteiger partial charge in [-0.2, -0.15) is 0 Å². The topological polar surface area (TPSA) is 97.0 Å². The molecule has 0 aromatic heterocycles. The lowest BCUT2D eigenvalue weighted by atomic mass is 10.2. The molecule has 0 saturated heterocycles. The standard InChI is InChI=1S/C15H21N3O3/c1-11(16)14(17)6-7-21-13-5-3-4-12(8-13)9-18-10-15(19)20-2/h3-5,8,16-18H,6-7,9-10H2,1-2H3/p+1. The molecule has 6 heteroatoms. The molecular formula is C15H22N3O3+. The number of ether oxygens (including phenoxy) is 2. The molecule has 0 heterocycles. The van der Waals surface area contributed by atoms with Crippen molar-refractivity contribution < 1.29 is 19.7 Å². The van der Waals surface area contributed by atoms with Gasteiger partial charge in [-0.15, -0.1) is 0 Å². The predicted molar refractivity (Wildman–Crippen MR) is 80.6 cm³/mol. The summed E-state index contributed by atoms with van der Waals surface area (Å²) in [4.78, 5) is 11.0. The molecule has 0 bridgehead atoms. The van der Waals surface area contributed by atoms with Gasteiger partial charge in [-0.1, -0.05) is 12.1 Å². The molecule has 0 fully saturated rings. The normalized spacial score (nSPS) is 10.0. The summed E-state index contributed by atoms with van der Waals surface area (Å²) in [5.41, 5.74) is 1.92. The van der Waals surface area contributed by atoms with E-state index in [2.05, 4.69) is 10.1 Å². The summed E-state index contributed by atoms with van der Waals surface area (Å²) < 4.78 is 10.1. The summed E-state index contributed by atoms with van der Waals surface area (Å²) in [7, 11) is 1.36. The van der Waals surface area contributed by atoms with Crippen molar-refractivity contribution in [3.8, 4) is 5.75 Å². The van der Waals surface area contributed by atoms with E-state index in [0.717, 1.165) is 11.3 Å². The molecule has 21 heavy (non-hydrogen) atoms. The van der Waals surface area contributed by atoms with Gasteiger partial charge in [0.25, 0.3) is 0 Å². The molecule has 1 rings (SSSR count). The quantitative estimate of drug-likeness (QED) is 0.439. The molecule has 0 unspecified atom stereocenters. The Labute approximate surface area is 124 Å². The highest BCUT2D eigenvalue weighted by molar-refractivity contribution is 6.37. The third-order valence-electron chi connectivity index (χ3n) is 2.82. The molecule has 0 aliphatic heterocycles. The number of nitrogens with one attached hydrogen (secondary N) is 2. The van der Waals surface area contributed by atoms with E-state index in [1.165, 1.54) is 7.11 Å². The van der Waals surface area contributed by atoms with E-state index in [4.69, 9.17) is 15.6 Å². The van der Waals surface area contributed by atoms with Gasteiger partial charge in [0.05, 0.1) is 20.3 Å². The maximum atomic E-state index is 11.0. The number of methoxy groups -OCH3 is 1. The molecule has 4 N–H and O–H groups in total. The number of carbonyl (C=O) groups excluding carboxylic acids is 1. The van der Waals surface area contributed by atoms with E-state index in [-0.39, 0.29) is 12.5 Å². The fourth-order valence-electron chi connectivity index (χ4n) is 1.59. The van der Waals surface area contributed by atoms with Crippen LogP contribution >= 0.6 is 0 Å². The van der Waals surface area contributed by atoms with Gasteiger partial charge in [0.15, 0.2) is 5.71 Å². The number of esters is 1. The third kappa shape index (κ3) is 6.67. The van der Waals surface area contributed by atoms with Crippen LogP contribution in [0.1, 0.15) is 18.9 Å². The van der Waals surface area contributed by atoms with E-state index in [1.54, 1.807) is 6.92 Å². The first kappa shape index (κ1) is 16.8. The number of hydrogen-bond donors (Lipinski definition) is 3. The van der Waals surface area contributed by atoms with Crippen molar-refractivity contribution in [2.24, 2.45) is 0 Å². The van der Waals surface area contributed by atoms with Crippen molar-refractivity contribution in [3.63, 3.8) is 0 Å². The van der Waals surface area contributed by atoms with Gasteiger partial charge in [-0.25, -0.2) is 0 Å². The molecule has 1 aromatic rings. The average molecular weight is 292 g/mol. The van der Waals surface area contributed by atoms with Crippen LogP contribution in [0.4, 0.5) is 0 Å². The van der Waals surface area contributed by atoms with E-state index >= 15 is 0 Å². The summed E-state index contributed by atoms with van der Waals surface area (Å²) in [5.74, 6) is 0.434. The summed E-state index contributed by atoms with van der Waals surface area (Å²) in [6, 6.07) is 7.58. The Kier molecular flexibility index (Phi) is 7.11. The third-order valence-corrected chi connectivity index (χ3v) is 2.82. The zero-order valence-corrected chi connectivity index (χ0v) is 12.4. The first-order valence-electron chi connectivity index (χ1n) is 6.69. The van der Waals surface area contributed by atoms with Gasteiger partial charge in [0.1, 0.15) is 11.5 Å². The summed E-state index contributed by atoms with van der Waals surface area (Å²) in [6.45, 7) is 2.84. The maximum Gasteiger partial charge on any atom is 0.319 e. The zero-order chi connectivity index (χ0) is 15.7. The van der Waals surface area contributed by atoms with Gasteiger partial charge in [-0.05, 0) is 17.7 Å². The van der Waals surface area contributed by atoms with Crippen molar-refractivity contribution >= 4 is 17.4 Å². The second-order valence-corrected chi connectivity index (χ2v) is 4.59. The zero-order valence-electron chi connectivity index (χ0n) is 12.4. The molecule has 6 nitrogen and oxygen atoms in total. The monoisotopic (exact) mass is 292 g/mol. The molecule has 114 valence electrons. The van der Waals surface area contributed by atoms with Crippen LogP contribution in [0.5, 0.6) is 5.75 Å². The summed E-state index contributed by atoms with van der Waals surface area (Å²) >= 11 is 0. The highest BCUT2D eigenvalue weighted by atomic mass is 16.5. The van der Waals surface area contributed by atoms with Crippen molar-refractivity contribution in [3.05, 3.63) is 29.8 Å². The van der Waals surface area contributed by atoms with Crippen LogP contribution in [0.15, 0.2) is 24.3 Å². The Morgan fingerprint density at radius 3 is 2.86 bits per heavy atom. The minimum Gasteiger partial charge on any atom is -0.493 e. The molecule has 1 aromatic carbocycles. The highest BCUT2D eigenvalue weighted by Gasteiger charge is 2.05. The average Bonchev–Trinajstić information content (AvgIpc) is 2.47. The Hall–Kier alpha value is -2.21. The van der Waals surface area contributed by atoms with Crippen LogP contribution in [0.2, 0.25) is 0 Å². The fraction of sp³-hybridized carbons (Fsp3) is 0.400. The first-order valence-corrected chi connectivity index (χ1v) is 6.69. The van der Waals surface area contributed by atoms with E-state index < -0.39 is 0 Å². The Bertz CT molecular complexity index is 515. The number of nitrogens with two attached hydrogens (primary N) is 1. The Balaban J connectivity index is 2.39. The lowest BCUT2D eigenvalue weighted by Crippen LogP contribution is -2.42. The maximum absolute atomic E-state index is 11.0. The lowest BCUT2D eigenvalue weighted by molar-refractivity contribution is -0.139. The van der Waals surface area contributed by atoms with Crippen molar-refractivity contribution in [2.75, 3.05) is 20.3 Å².